The van der Waals surface area contributed by atoms with E-state index in [-0.39, 0.29) is 24.7 Å². The maximum Gasteiger partial charge on any atom is 0.491 e. The molecule has 8 heteroatoms. The normalized spacial score (nSPS) is 15.1. The molecule has 0 atom stereocenters. The standard InChI is InChI=1S/C20H19BN2O5/c1-12(24)6-7-26-19-14(10-22)9-17(13-2-3-13)20(23-19)28-16-4-5-18-15(8-16)11-27-21(18)25/h4-5,8-9,13,25H,2-3,6-7,11H2,1H3. The van der Waals surface area contributed by atoms with Crippen LogP contribution in [0.25, 0.3) is 0 Å². The van der Waals surface area contributed by atoms with E-state index in [0.29, 0.717) is 29.7 Å². The third kappa shape index (κ3) is 3.86. The molecule has 1 saturated carbocycles. The fraction of sp³-hybridized carbons (Fsp3) is 0.350. The number of carbonyl (C=O) groups excluding carboxylic acids is 1. The monoisotopic (exact) mass is 378 g/mol. The molecule has 2 aromatic rings. The third-order valence-corrected chi connectivity index (χ3v) is 4.80. The number of fused-ring (bicyclic) bond motifs is 1. The molecular formula is C20H19BN2O5. The predicted molar refractivity (Wildman–Crippen MR) is 101 cm³/mol. The summed E-state index contributed by atoms with van der Waals surface area (Å²) in [6.07, 6.45) is 2.30. The number of nitriles is 1. The van der Waals surface area contributed by atoms with E-state index in [1.165, 1.54) is 6.92 Å². The molecule has 0 unspecified atom stereocenters. The van der Waals surface area contributed by atoms with E-state index in [0.717, 1.165) is 29.4 Å². The molecule has 0 radical (unpaired) electrons. The fourth-order valence-corrected chi connectivity index (χ4v) is 3.13. The lowest BCUT2D eigenvalue weighted by atomic mass is 9.80. The van der Waals surface area contributed by atoms with Gasteiger partial charge in [0, 0.05) is 12.0 Å². The molecule has 2 aliphatic rings. The molecule has 0 amide bonds. The lowest BCUT2D eigenvalue weighted by Crippen LogP contribution is -2.27. The molecule has 1 fully saturated rings. The van der Waals surface area contributed by atoms with E-state index < -0.39 is 7.12 Å². The minimum atomic E-state index is -0.902. The minimum Gasteiger partial charge on any atom is -0.476 e. The first-order valence-electron chi connectivity index (χ1n) is 9.22. The molecule has 0 bridgehead atoms. The molecule has 1 aromatic heterocycles. The van der Waals surface area contributed by atoms with Gasteiger partial charge in [-0.25, -0.2) is 0 Å². The number of aromatic nitrogens is 1. The topological polar surface area (TPSA) is 102 Å². The summed E-state index contributed by atoms with van der Waals surface area (Å²) in [4.78, 5) is 15.6. The highest BCUT2D eigenvalue weighted by molar-refractivity contribution is 6.61. The molecule has 4 rings (SSSR count). The van der Waals surface area contributed by atoms with Gasteiger partial charge in [0.25, 0.3) is 0 Å². The summed E-state index contributed by atoms with van der Waals surface area (Å²) in [6, 6.07) is 9.22. The zero-order valence-electron chi connectivity index (χ0n) is 15.5. The Bertz CT molecular complexity index is 968. The number of carbonyl (C=O) groups is 1. The highest BCUT2D eigenvalue weighted by Crippen LogP contribution is 2.46. The van der Waals surface area contributed by atoms with Crippen LogP contribution in [0, 0.1) is 11.3 Å². The number of hydrogen-bond donors (Lipinski definition) is 1. The molecule has 0 saturated heterocycles. The Morgan fingerprint density at radius 1 is 1.39 bits per heavy atom. The number of benzene rings is 1. The number of rotatable bonds is 7. The van der Waals surface area contributed by atoms with Gasteiger partial charge in [-0.1, -0.05) is 6.07 Å². The van der Waals surface area contributed by atoms with Gasteiger partial charge >= 0.3 is 7.12 Å². The summed E-state index contributed by atoms with van der Waals surface area (Å²) in [5.74, 6) is 1.47. The summed E-state index contributed by atoms with van der Waals surface area (Å²) in [5.41, 5.74) is 2.82. The largest absolute Gasteiger partial charge is 0.491 e. The van der Waals surface area contributed by atoms with Gasteiger partial charge in [0.2, 0.25) is 11.8 Å². The third-order valence-electron chi connectivity index (χ3n) is 4.80. The van der Waals surface area contributed by atoms with Crippen LogP contribution in [0.4, 0.5) is 0 Å². The molecular weight excluding hydrogens is 359 g/mol. The van der Waals surface area contributed by atoms with Crippen molar-refractivity contribution in [3.8, 4) is 23.6 Å². The van der Waals surface area contributed by atoms with Crippen LogP contribution in [0.3, 0.4) is 0 Å². The summed E-state index contributed by atoms with van der Waals surface area (Å²) < 4.78 is 16.8. The van der Waals surface area contributed by atoms with Crippen LogP contribution in [0.15, 0.2) is 24.3 Å². The maximum absolute atomic E-state index is 11.1. The molecule has 2 heterocycles. The first-order chi connectivity index (χ1) is 13.5. The Morgan fingerprint density at radius 3 is 2.93 bits per heavy atom. The highest BCUT2D eigenvalue weighted by atomic mass is 16.5. The van der Waals surface area contributed by atoms with Crippen LogP contribution in [0.2, 0.25) is 0 Å². The average molecular weight is 378 g/mol. The van der Waals surface area contributed by atoms with Gasteiger partial charge in [-0.2, -0.15) is 10.2 Å². The summed E-state index contributed by atoms with van der Waals surface area (Å²) in [5, 5.41) is 19.2. The number of ketones is 1. The number of pyridine rings is 1. The Kier molecular flexibility index (Phi) is 5.03. The van der Waals surface area contributed by atoms with Gasteiger partial charge in [-0.3, -0.25) is 4.79 Å². The van der Waals surface area contributed by atoms with Crippen molar-refractivity contribution in [1.29, 1.82) is 5.26 Å². The first kappa shape index (κ1) is 18.5. The SMILES string of the molecule is CC(=O)CCOc1nc(Oc2ccc3c(c2)COB3O)c(C2CC2)cc1C#N. The van der Waals surface area contributed by atoms with Gasteiger partial charge in [0.1, 0.15) is 23.2 Å². The van der Waals surface area contributed by atoms with E-state index in [9.17, 15) is 15.1 Å². The van der Waals surface area contributed by atoms with Crippen molar-refractivity contribution in [3.05, 3.63) is 41.0 Å². The van der Waals surface area contributed by atoms with Crippen molar-refractivity contribution in [2.45, 2.75) is 38.7 Å². The molecule has 142 valence electrons. The van der Waals surface area contributed by atoms with E-state index in [1.807, 2.05) is 6.07 Å². The summed E-state index contributed by atoms with van der Waals surface area (Å²) in [6.45, 7) is 1.97. The van der Waals surface area contributed by atoms with Crippen molar-refractivity contribution in [3.63, 3.8) is 0 Å². The van der Waals surface area contributed by atoms with E-state index in [2.05, 4.69) is 11.1 Å². The van der Waals surface area contributed by atoms with Crippen molar-refractivity contribution >= 4 is 18.4 Å². The van der Waals surface area contributed by atoms with Crippen LogP contribution < -0.4 is 14.9 Å². The van der Waals surface area contributed by atoms with Gasteiger partial charge in [-0.05, 0) is 54.9 Å². The highest BCUT2D eigenvalue weighted by Gasteiger charge is 2.31. The van der Waals surface area contributed by atoms with Crippen LogP contribution >= 0.6 is 0 Å². The zero-order valence-corrected chi connectivity index (χ0v) is 15.5. The lowest BCUT2D eigenvalue weighted by Gasteiger charge is -2.14. The molecule has 7 nitrogen and oxygen atoms in total. The minimum absolute atomic E-state index is 0.00660. The van der Waals surface area contributed by atoms with Gasteiger partial charge in [0.05, 0.1) is 13.2 Å². The second-order valence-corrected chi connectivity index (χ2v) is 7.05. The molecule has 28 heavy (non-hydrogen) atoms. The van der Waals surface area contributed by atoms with Crippen molar-refractivity contribution in [1.82, 2.24) is 4.98 Å². The van der Waals surface area contributed by atoms with Crippen LogP contribution in [0.5, 0.6) is 17.5 Å². The molecule has 1 N–H and O–H groups in total. The van der Waals surface area contributed by atoms with Crippen LogP contribution in [-0.4, -0.2) is 29.5 Å². The Balaban J connectivity index is 1.63. The van der Waals surface area contributed by atoms with Gasteiger partial charge in [-0.15, -0.1) is 0 Å². The van der Waals surface area contributed by atoms with Crippen LogP contribution in [-0.2, 0) is 16.1 Å². The van der Waals surface area contributed by atoms with Crippen LogP contribution in [0.1, 0.15) is 48.8 Å². The fourth-order valence-electron chi connectivity index (χ4n) is 3.13. The smallest absolute Gasteiger partial charge is 0.476 e. The van der Waals surface area contributed by atoms with Gasteiger partial charge in [0.15, 0.2) is 0 Å². The Morgan fingerprint density at radius 2 is 2.21 bits per heavy atom. The predicted octanol–water partition coefficient (Wildman–Crippen LogP) is 2.20. The van der Waals surface area contributed by atoms with Crippen molar-refractivity contribution < 1.29 is 23.9 Å². The van der Waals surface area contributed by atoms with E-state index in [1.54, 1.807) is 18.2 Å². The number of Topliss-reactive ketones (excluding diaryl/α,β-unsaturated/α-hetero) is 1. The molecule has 1 aliphatic heterocycles. The van der Waals surface area contributed by atoms with Crippen molar-refractivity contribution in [2.24, 2.45) is 0 Å². The summed E-state index contributed by atoms with van der Waals surface area (Å²) in [7, 11) is -0.902. The molecule has 1 aromatic carbocycles. The molecule has 1 aliphatic carbocycles. The molecule has 0 spiro atoms. The van der Waals surface area contributed by atoms with Crippen molar-refractivity contribution in [2.75, 3.05) is 6.61 Å². The second kappa shape index (κ2) is 7.62. The first-order valence-corrected chi connectivity index (χ1v) is 9.22. The quantitative estimate of drug-likeness (QED) is 0.737. The number of nitrogens with zero attached hydrogens (tertiary/aromatic N) is 2. The summed E-state index contributed by atoms with van der Waals surface area (Å²) >= 11 is 0. The Labute approximate surface area is 163 Å². The number of hydrogen-bond acceptors (Lipinski definition) is 7. The Hall–Kier alpha value is -2.89. The maximum atomic E-state index is 11.1. The second-order valence-electron chi connectivity index (χ2n) is 7.05. The zero-order chi connectivity index (χ0) is 19.7. The van der Waals surface area contributed by atoms with E-state index in [4.69, 9.17) is 14.1 Å². The van der Waals surface area contributed by atoms with E-state index >= 15 is 0 Å². The number of ether oxygens (including phenoxy) is 2. The van der Waals surface area contributed by atoms with Gasteiger partial charge < -0.3 is 19.2 Å². The lowest BCUT2D eigenvalue weighted by molar-refractivity contribution is -0.117. The average Bonchev–Trinajstić information content (AvgIpc) is 3.45.